The number of H-pyrrole nitrogens is 1. The molecule has 0 bridgehead atoms. The maximum absolute atomic E-state index is 12.0. The molecule has 6 heteroatoms. The Hall–Kier alpha value is -2.50. The summed E-state index contributed by atoms with van der Waals surface area (Å²) >= 11 is 0. The molecule has 0 saturated carbocycles. The highest BCUT2D eigenvalue weighted by molar-refractivity contribution is 5.78. The van der Waals surface area contributed by atoms with Gasteiger partial charge in [-0.3, -0.25) is 4.79 Å². The van der Waals surface area contributed by atoms with E-state index in [0.717, 1.165) is 23.5 Å². The van der Waals surface area contributed by atoms with Crippen LogP contribution in [-0.4, -0.2) is 36.6 Å². The Kier molecular flexibility index (Phi) is 5.41. The summed E-state index contributed by atoms with van der Waals surface area (Å²) in [6.45, 7) is 2.48. The van der Waals surface area contributed by atoms with Crippen LogP contribution in [0.2, 0.25) is 0 Å². The molecule has 118 valence electrons. The normalized spacial score (nSPS) is 10.3. The first-order chi connectivity index (χ1) is 10.6. The second-order valence-corrected chi connectivity index (χ2v) is 4.96. The number of benzene rings is 1. The first-order valence-corrected chi connectivity index (χ1v) is 7.10. The number of ether oxygens (including phenoxy) is 2. The van der Waals surface area contributed by atoms with Gasteiger partial charge in [0.1, 0.15) is 5.82 Å². The van der Waals surface area contributed by atoms with E-state index in [0.29, 0.717) is 24.5 Å². The number of carbonyl (C=O) groups excluding carboxylic acids is 1. The Morgan fingerprint density at radius 2 is 2.05 bits per heavy atom. The highest BCUT2D eigenvalue weighted by Crippen LogP contribution is 2.27. The van der Waals surface area contributed by atoms with E-state index in [2.05, 4.69) is 15.3 Å². The standard InChI is InChI=1S/C16H21N3O3/c1-11-18-10-13(19-11)6-7-17-16(20)9-12-4-5-14(21-2)15(8-12)22-3/h4-5,8,10H,6-7,9H2,1-3H3,(H,17,20)(H,18,19). The van der Waals surface area contributed by atoms with Crippen LogP contribution in [-0.2, 0) is 17.6 Å². The topological polar surface area (TPSA) is 76.2 Å². The van der Waals surface area contributed by atoms with Gasteiger partial charge in [0.15, 0.2) is 11.5 Å². The monoisotopic (exact) mass is 303 g/mol. The third-order valence-corrected chi connectivity index (χ3v) is 3.28. The molecule has 0 aliphatic carbocycles. The lowest BCUT2D eigenvalue weighted by Gasteiger charge is -2.09. The van der Waals surface area contributed by atoms with Gasteiger partial charge in [0.25, 0.3) is 0 Å². The molecule has 0 atom stereocenters. The third-order valence-electron chi connectivity index (χ3n) is 3.28. The van der Waals surface area contributed by atoms with Crippen LogP contribution >= 0.6 is 0 Å². The van der Waals surface area contributed by atoms with E-state index in [1.54, 1.807) is 26.5 Å². The number of imidazole rings is 1. The van der Waals surface area contributed by atoms with Gasteiger partial charge in [-0.05, 0) is 24.6 Å². The Balaban J connectivity index is 1.84. The summed E-state index contributed by atoms with van der Waals surface area (Å²) in [7, 11) is 3.16. The van der Waals surface area contributed by atoms with Crippen molar-refractivity contribution in [2.75, 3.05) is 20.8 Å². The second kappa shape index (κ2) is 7.49. The van der Waals surface area contributed by atoms with E-state index >= 15 is 0 Å². The summed E-state index contributed by atoms with van der Waals surface area (Å²) in [4.78, 5) is 19.2. The van der Waals surface area contributed by atoms with Crippen molar-refractivity contribution >= 4 is 5.91 Å². The van der Waals surface area contributed by atoms with Crippen molar-refractivity contribution in [1.82, 2.24) is 15.3 Å². The first-order valence-electron chi connectivity index (χ1n) is 7.10. The summed E-state index contributed by atoms with van der Waals surface area (Å²) in [6, 6.07) is 5.48. The lowest BCUT2D eigenvalue weighted by Crippen LogP contribution is -2.27. The minimum Gasteiger partial charge on any atom is -0.493 e. The molecule has 1 aromatic heterocycles. The summed E-state index contributed by atoms with van der Waals surface area (Å²) in [6.07, 6.45) is 2.83. The molecular formula is C16H21N3O3. The number of nitrogens with one attached hydrogen (secondary N) is 2. The maximum atomic E-state index is 12.0. The number of aryl methyl sites for hydroxylation is 1. The number of hydrogen-bond acceptors (Lipinski definition) is 4. The van der Waals surface area contributed by atoms with Gasteiger partial charge in [-0.2, -0.15) is 0 Å². The van der Waals surface area contributed by atoms with Crippen molar-refractivity contribution in [2.45, 2.75) is 19.8 Å². The molecule has 0 saturated heterocycles. The molecule has 0 radical (unpaired) electrons. The summed E-state index contributed by atoms with van der Waals surface area (Å²) in [5.41, 5.74) is 1.90. The lowest BCUT2D eigenvalue weighted by atomic mass is 10.1. The summed E-state index contributed by atoms with van der Waals surface area (Å²) in [5.74, 6) is 2.14. The number of nitrogens with zero attached hydrogens (tertiary/aromatic N) is 1. The number of aromatic amines is 1. The van der Waals surface area contributed by atoms with Gasteiger partial charge < -0.3 is 19.8 Å². The third kappa shape index (κ3) is 4.25. The predicted octanol–water partition coefficient (Wildman–Crippen LogP) is 1.64. The van der Waals surface area contributed by atoms with Gasteiger partial charge in [0.05, 0.1) is 20.6 Å². The van der Waals surface area contributed by atoms with Crippen LogP contribution < -0.4 is 14.8 Å². The Morgan fingerprint density at radius 3 is 2.68 bits per heavy atom. The van der Waals surface area contributed by atoms with Gasteiger partial charge in [-0.25, -0.2) is 4.98 Å². The average Bonchev–Trinajstić information content (AvgIpc) is 2.92. The molecule has 22 heavy (non-hydrogen) atoms. The van der Waals surface area contributed by atoms with Gasteiger partial charge in [0, 0.05) is 24.9 Å². The molecule has 1 aromatic carbocycles. The van der Waals surface area contributed by atoms with Crippen molar-refractivity contribution < 1.29 is 14.3 Å². The maximum Gasteiger partial charge on any atom is 0.224 e. The van der Waals surface area contributed by atoms with E-state index in [4.69, 9.17) is 9.47 Å². The lowest BCUT2D eigenvalue weighted by molar-refractivity contribution is -0.120. The molecule has 2 N–H and O–H groups in total. The fourth-order valence-electron chi connectivity index (χ4n) is 2.17. The Bertz CT molecular complexity index is 637. The number of aromatic nitrogens is 2. The van der Waals surface area contributed by atoms with E-state index in [9.17, 15) is 4.79 Å². The molecule has 0 unspecified atom stereocenters. The molecule has 1 heterocycles. The van der Waals surface area contributed by atoms with Gasteiger partial charge in [-0.1, -0.05) is 6.07 Å². The average molecular weight is 303 g/mol. The van der Waals surface area contributed by atoms with Crippen LogP contribution in [0.1, 0.15) is 17.1 Å². The quantitative estimate of drug-likeness (QED) is 0.815. The zero-order chi connectivity index (χ0) is 15.9. The van der Waals surface area contributed by atoms with E-state index in [1.807, 2.05) is 19.1 Å². The molecule has 2 rings (SSSR count). The molecule has 1 amide bonds. The molecule has 0 aliphatic rings. The SMILES string of the molecule is COc1ccc(CC(=O)NCCc2cnc(C)[nH]2)cc1OC. The van der Waals surface area contributed by atoms with Crippen molar-refractivity contribution in [3.8, 4) is 11.5 Å². The van der Waals surface area contributed by atoms with Gasteiger partial charge in [-0.15, -0.1) is 0 Å². The van der Waals surface area contributed by atoms with E-state index in [-0.39, 0.29) is 5.91 Å². The Labute approximate surface area is 129 Å². The molecule has 0 fully saturated rings. The predicted molar refractivity (Wildman–Crippen MR) is 83.3 cm³/mol. The van der Waals surface area contributed by atoms with Gasteiger partial charge in [0.2, 0.25) is 5.91 Å². The number of hydrogen-bond donors (Lipinski definition) is 2. The fourth-order valence-corrected chi connectivity index (χ4v) is 2.17. The minimum absolute atomic E-state index is 0.0246. The van der Waals surface area contributed by atoms with Crippen LogP contribution in [0.4, 0.5) is 0 Å². The van der Waals surface area contributed by atoms with Crippen molar-refractivity contribution in [3.05, 3.63) is 41.5 Å². The van der Waals surface area contributed by atoms with Crippen LogP contribution in [0.25, 0.3) is 0 Å². The van der Waals surface area contributed by atoms with Crippen molar-refractivity contribution in [2.24, 2.45) is 0 Å². The zero-order valence-electron chi connectivity index (χ0n) is 13.1. The number of rotatable bonds is 7. The summed E-state index contributed by atoms with van der Waals surface area (Å²) < 4.78 is 10.4. The Morgan fingerprint density at radius 1 is 1.27 bits per heavy atom. The molecule has 6 nitrogen and oxygen atoms in total. The van der Waals surface area contributed by atoms with Crippen LogP contribution in [0.15, 0.2) is 24.4 Å². The molecular weight excluding hydrogens is 282 g/mol. The van der Waals surface area contributed by atoms with Crippen molar-refractivity contribution in [3.63, 3.8) is 0 Å². The molecule has 0 aliphatic heterocycles. The first kappa shape index (κ1) is 15.9. The summed E-state index contributed by atoms with van der Waals surface area (Å²) in [5, 5.41) is 2.90. The van der Waals surface area contributed by atoms with Gasteiger partial charge >= 0.3 is 0 Å². The van der Waals surface area contributed by atoms with E-state index in [1.165, 1.54) is 0 Å². The fraction of sp³-hybridized carbons (Fsp3) is 0.375. The second-order valence-electron chi connectivity index (χ2n) is 4.96. The number of amides is 1. The molecule has 2 aromatic rings. The van der Waals surface area contributed by atoms with Crippen LogP contribution in [0.5, 0.6) is 11.5 Å². The minimum atomic E-state index is -0.0246. The largest absolute Gasteiger partial charge is 0.493 e. The van der Waals surface area contributed by atoms with Crippen molar-refractivity contribution in [1.29, 1.82) is 0 Å². The molecule has 0 spiro atoms. The van der Waals surface area contributed by atoms with Crippen LogP contribution in [0.3, 0.4) is 0 Å². The number of methoxy groups -OCH3 is 2. The smallest absolute Gasteiger partial charge is 0.224 e. The van der Waals surface area contributed by atoms with Crippen LogP contribution in [0, 0.1) is 6.92 Å². The highest BCUT2D eigenvalue weighted by atomic mass is 16.5. The highest BCUT2D eigenvalue weighted by Gasteiger charge is 2.08. The van der Waals surface area contributed by atoms with E-state index < -0.39 is 0 Å². The number of carbonyl (C=O) groups is 1. The zero-order valence-corrected chi connectivity index (χ0v) is 13.1.